The average molecular weight is 359 g/mol. The molecule has 2 heterocycles. The highest BCUT2D eigenvalue weighted by molar-refractivity contribution is 5.85. The lowest BCUT2D eigenvalue weighted by Crippen LogP contribution is -2.24. The zero-order valence-electron chi connectivity index (χ0n) is 15.3. The van der Waals surface area contributed by atoms with Gasteiger partial charge in [0.25, 0.3) is 0 Å². The van der Waals surface area contributed by atoms with Crippen LogP contribution in [0.2, 0.25) is 0 Å². The second-order valence-electron chi connectivity index (χ2n) is 6.80. The van der Waals surface area contributed by atoms with Gasteiger partial charge in [-0.15, -0.1) is 0 Å². The van der Waals surface area contributed by atoms with Crippen molar-refractivity contribution in [3.8, 4) is 17.2 Å². The quantitative estimate of drug-likeness (QED) is 0.875. The predicted octanol–water partition coefficient (Wildman–Crippen LogP) is 3.18. The van der Waals surface area contributed by atoms with E-state index in [0.717, 1.165) is 53.9 Å². The van der Waals surface area contributed by atoms with Crippen LogP contribution in [0.5, 0.6) is 17.2 Å². The minimum absolute atomic E-state index is 0.0474. The van der Waals surface area contributed by atoms with Crippen LogP contribution < -0.4 is 14.2 Å². The van der Waals surface area contributed by atoms with E-state index in [1.165, 1.54) is 10.6 Å². The molecule has 0 saturated carbocycles. The third-order valence-electron chi connectivity index (χ3n) is 5.30. The third-order valence-corrected chi connectivity index (χ3v) is 5.30. The smallest absolute Gasteiger partial charge is 0.231 e. The molecule has 1 N–H and O–H groups in total. The molecule has 4 rings (SSSR count). The van der Waals surface area contributed by atoms with Crippen LogP contribution in [0.1, 0.15) is 30.4 Å². The SMILES string of the molecule is COc1c2c(cc3c1OCO3)C1=C[C@@H](OC)CC=C1CCN(O)CCC2. The Kier molecular flexibility index (Phi) is 4.89. The minimum Gasteiger partial charge on any atom is -0.492 e. The standard InChI is InChI=1S/C20H25NO5/c1-23-14-6-5-13-7-9-21(22)8-3-4-15-17(16(13)10-14)11-18-20(19(15)24-2)26-12-25-18/h5,10-11,14,22H,3-4,6-9,12H2,1-2H3/t14-/m0/s1. The largest absolute Gasteiger partial charge is 0.492 e. The molecule has 0 unspecified atom stereocenters. The van der Waals surface area contributed by atoms with Crippen LogP contribution in [0.3, 0.4) is 0 Å². The van der Waals surface area contributed by atoms with Crippen LogP contribution in [-0.2, 0) is 11.2 Å². The Balaban J connectivity index is 1.89. The Labute approximate surface area is 153 Å². The number of fused-ring (bicyclic) bond motifs is 4. The fourth-order valence-corrected chi connectivity index (χ4v) is 3.95. The second kappa shape index (κ2) is 7.31. The van der Waals surface area contributed by atoms with Crippen molar-refractivity contribution in [2.75, 3.05) is 34.1 Å². The third kappa shape index (κ3) is 3.09. The predicted molar refractivity (Wildman–Crippen MR) is 96.9 cm³/mol. The lowest BCUT2D eigenvalue weighted by Gasteiger charge is -2.27. The van der Waals surface area contributed by atoms with Gasteiger partial charge in [-0.3, -0.25) is 0 Å². The van der Waals surface area contributed by atoms with Crippen LogP contribution in [0.4, 0.5) is 0 Å². The summed E-state index contributed by atoms with van der Waals surface area (Å²) in [6.45, 7) is 1.46. The van der Waals surface area contributed by atoms with E-state index < -0.39 is 0 Å². The molecule has 0 spiro atoms. The molecule has 26 heavy (non-hydrogen) atoms. The van der Waals surface area contributed by atoms with Gasteiger partial charge in [-0.05, 0) is 54.5 Å². The van der Waals surface area contributed by atoms with E-state index in [4.69, 9.17) is 18.9 Å². The topological polar surface area (TPSA) is 60.4 Å². The van der Waals surface area contributed by atoms with Crippen molar-refractivity contribution >= 4 is 5.57 Å². The summed E-state index contributed by atoms with van der Waals surface area (Å²) in [5, 5.41) is 11.5. The van der Waals surface area contributed by atoms with Crippen molar-refractivity contribution in [1.82, 2.24) is 5.06 Å². The highest BCUT2D eigenvalue weighted by Crippen LogP contribution is 2.48. The van der Waals surface area contributed by atoms with Gasteiger partial charge in [-0.1, -0.05) is 6.08 Å². The molecule has 140 valence electrons. The molecule has 1 atom stereocenters. The molecule has 1 aromatic rings. The number of benzene rings is 1. The lowest BCUT2D eigenvalue weighted by atomic mass is 9.84. The Morgan fingerprint density at radius 1 is 1.19 bits per heavy atom. The van der Waals surface area contributed by atoms with Gasteiger partial charge in [-0.25, -0.2) is 0 Å². The van der Waals surface area contributed by atoms with Crippen LogP contribution >= 0.6 is 0 Å². The molecular weight excluding hydrogens is 334 g/mol. The molecule has 1 aromatic carbocycles. The Bertz CT molecular complexity index is 755. The first-order valence-corrected chi connectivity index (χ1v) is 9.09. The molecule has 0 radical (unpaired) electrons. The Hall–Kier alpha value is -2.02. The van der Waals surface area contributed by atoms with Gasteiger partial charge in [0.15, 0.2) is 11.5 Å². The monoisotopic (exact) mass is 359 g/mol. The summed E-state index contributed by atoms with van der Waals surface area (Å²) in [6.07, 6.45) is 7.70. The van der Waals surface area contributed by atoms with E-state index >= 15 is 0 Å². The molecule has 6 nitrogen and oxygen atoms in total. The molecule has 0 amide bonds. The highest BCUT2D eigenvalue weighted by Gasteiger charge is 2.29. The molecular formula is C20H25NO5. The number of hydrogen-bond acceptors (Lipinski definition) is 6. The fourth-order valence-electron chi connectivity index (χ4n) is 3.95. The van der Waals surface area contributed by atoms with Crippen LogP contribution in [0.25, 0.3) is 5.57 Å². The highest BCUT2D eigenvalue weighted by atomic mass is 16.7. The molecule has 1 aliphatic carbocycles. The van der Waals surface area contributed by atoms with Crippen molar-refractivity contribution < 1.29 is 24.2 Å². The van der Waals surface area contributed by atoms with E-state index in [1.54, 1.807) is 14.2 Å². The van der Waals surface area contributed by atoms with Crippen molar-refractivity contribution in [2.24, 2.45) is 0 Å². The molecule has 0 saturated heterocycles. The van der Waals surface area contributed by atoms with Crippen molar-refractivity contribution in [3.05, 3.63) is 34.9 Å². The minimum atomic E-state index is 0.0474. The van der Waals surface area contributed by atoms with Gasteiger partial charge in [0.1, 0.15) is 0 Å². The number of hydroxylamine groups is 2. The van der Waals surface area contributed by atoms with Gasteiger partial charge < -0.3 is 24.2 Å². The molecule has 3 aliphatic rings. The van der Waals surface area contributed by atoms with Crippen molar-refractivity contribution in [1.29, 1.82) is 0 Å². The summed E-state index contributed by atoms with van der Waals surface area (Å²) >= 11 is 0. The van der Waals surface area contributed by atoms with Gasteiger partial charge >= 0.3 is 0 Å². The van der Waals surface area contributed by atoms with Crippen molar-refractivity contribution in [3.63, 3.8) is 0 Å². The summed E-state index contributed by atoms with van der Waals surface area (Å²) in [4.78, 5) is 0. The maximum Gasteiger partial charge on any atom is 0.231 e. The van der Waals surface area contributed by atoms with E-state index in [0.29, 0.717) is 18.8 Å². The van der Waals surface area contributed by atoms with E-state index in [1.807, 2.05) is 0 Å². The van der Waals surface area contributed by atoms with E-state index in [9.17, 15) is 5.21 Å². The van der Waals surface area contributed by atoms with Gasteiger partial charge in [0.2, 0.25) is 12.5 Å². The fraction of sp³-hybridized carbons (Fsp3) is 0.500. The summed E-state index contributed by atoms with van der Waals surface area (Å²) in [7, 11) is 3.40. The second-order valence-corrected chi connectivity index (χ2v) is 6.80. The Morgan fingerprint density at radius 2 is 2.08 bits per heavy atom. The first-order chi connectivity index (χ1) is 12.7. The van der Waals surface area contributed by atoms with Crippen LogP contribution in [0.15, 0.2) is 23.8 Å². The number of methoxy groups -OCH3 is 2. The number of allylic oxidation sites excluding steroid dienone is 1. The molecule has 0 bridgehead atoms. The summed E-state index contributed by atoms with van der Waals surface area (Å²) in [5.41, 5.74) is 4.58. The molecule has 0 aromatic heterocycles. The zero-order chi connectivity index (χ0) is 18.1. The normalized spacial score (nSPS) is 22.8. The lowest BCUT2D eigenvalue weighted by molar-refractivity contribution is -0.0900. The van der Waals surface area contributed by atoms with E-state index in [-0.39, 0.29) is 12.9 Å². The summed E-state index contributed by atoms with van der Waals surface area (Å²) < 4.78 is 22.6. The maximum atomic E-state index is 10.1. The summed E-state index contributed by atoms with van der Waals surface area (Å²) in [5.74, 6) is 2.13. The van der Waals surface area contributed by atoms with Gasteiger partial charge in [-0.2, -0.15) is 5.06 Å². The maximum absolute atomic E-state index is 10.1. The molecule has 2 aliphatic heterocycles. The number of nitrogens with zero attached hydrogens (tertiary/aromatic N) is 1. The van der Waals surface area contributed by atoms with Crippen molar-refractivity contribution in [2.45, 2.75) is 31.8 Å². The zero-order valence-corrected chi connectivity index (χ0v) is 15.3. The van der Waals surface area contributed by atoms with Crippen LogP contribution in [0, 0.1) is 0 Å². The van der Waals surface area contributed by atoms with Gasteiger partial charge in [0, 0.05) is 25.8 Å². The molecule has 6 heteroatoms. The number of hydrogen-bond donors (Lipinski definition) is 1. The first-order valence-electron chi connectivity index (χ1n) is 9.09. The van der Waals surface area contributed by atoms with Crippen LogP contribution in [-0.4, -0.2) is 50.5 Å². The average Bonchev–Trinajstić information content (AvgIpc) is 3.13. The number of rotatable bonds is 2. The number of ether oxygens (including phenoxy) is 4. The van der Waals surface area contributed by atoms with E-state index in [2.05, 4.69) is 18.2 Å². The van der Waals surface area contributed by atoms with Gasteiger partial charge in [0.05, 0.1) is 13.2 Å². The Morgan fingerprint density at radius 3 is 2.88 bits per heavy atom. The molecule has 0 fully saturated rings. The first kappa shape index (κ1) is 17.4. The summed E-state index contributed by atoms with van der Waals surface area (Å²) in [6, 6.07) is 2.07.